The maximum atomic E-state index is 10.8. The fraction of sp³-hybridized carbons (Fsp3) is 0.615. The lowest BCUT2D eigenvalue weighted by Gasteiger charge is -2.18. The van der Waals surface area contributed by atoms with Crippen LogP contribution in [0.15, 0.2) is 12.1 Å². The third-order valence-corrected chi connectivity index (χ3v) is 4.42. The second kappa shape index (κ2) is 5.65. The van der Waals surface area contributed by atoms with E-state index >= 15 is 0 Å². The highest BCUT2D eigenvalue weighted by Crippen LogP contribution is 2.22. The molecule has 0 aliphatic carbocycles. The number of carboxylic acids is 1. The molecule has 2 heterocycles. The Labute approximate surface area is 106 Å². The Hall–Kier alpha value is -0.870. The highest BCUT2D eigenvalue weighted by atomic mass is 32.1. The molecular formula is C13H19NO2S. The van der Waals surface area contributed by atoms with Crippen molar-refractivity contribution in [2.45, 2.75) is 32.7 Å². The molecule has 0 saturated carbocycles. The van der Waals surface area contributed by atoms with Gasteiger partial charge in [-0.15, -0.1) is 11.3 Å². The number of likely N-dealkylation sites (tertiary alicyclic amines) is 1. The first kappa shape index (κ1) is 12.6. The highest BCUT2D eigenvalue weighted by molar-refractivity contribution is 7.13. The van der Waals surface area contributed by atoms with Crippen molar-refractivity contribution in [1.29, 1.82) is 0 Å². The first-order valence-corrected chi connectivity index (χ1v) is 7.01. The molecule has 1 unspecified atom stereocenters. The molecule has 1 saturated heterocycles. The van der Waals surface area contributed by atoms with Crippen LogP contribution in [0.25, 0.3) is 0 Å². The number of hydrogen-bond acceptors (Lipinski definition) is 3. The van der Waals surface area contributed by atoms with Gasteiger partial charge in [-0.25, -0.2) is 4.79 Å². The standard InChI is InChI=1S/C13H19NO2S/c1-10-3-2-7-14(8-6-10)9-11-4-5-12(17-11)13(15)16/h4-5,10H,2-3,6-9H2,1H3,(H,15,16). The molecule has 0 spiro atoms. The van der Waals surface area contributed by atoms with Crippen molar-refractivity contribution in [3.63, 3.8) is 0 Å². The van der Waals surface area contributed by atoms with Crippen LogP contribution in [0.3, 0.4) is 0 Å². The van der Waals surface area contributed by atoms with Gasteiger partial charge in [-0.3, -0.25) is 4.90 Å². The Morgan fingerprint density at radius 2 is 2.29 bits per heavy atom. The van der Waals surface area contributed by atoms with Gasteiger partial charge in [0.25, 0.3) is 0 Å². The van der Waals surface area contributed by atoms with Gasteiger partial charge >= 0.3 is 5.97 Å². The van der Waals surface area contributed by atoms with Gasteiger partial charge in [0.15, 0.2) is 0 Å². The number of hydrogen-bond donors (Lipinski definition) is 1. The summed E-state index contributed by atoms with van der Waals surface area (Å²) in [7, 11) is 0. The topological polar surface area (TPSA) is 40.5 Å². The molecule has 0 amide bonds. The zero-order valence-corrected chi connectivity index (χ0v) is 11.0. The van der Waals surface area contributed by atoms with Crippen LogP contribution in [0.1, 0.15) is 40.7 Å². The lowest BCUT2D eigenvalue weighted by atomic mass is 10.0. The molecule has 1 aliphatic rings. The molecule has 4 heteroatoms. The van der Waals surface area contributed by atoms with E-state index < -0.39 is 5.97 Å². The van der Waals surface area contributed by atoms with E-state index in [1.165, 1.54) is 30.6 Å². The number of rotatable bonds is 3. The summed E-state index contributed by atoms with van der Waals surface area (Å²) < 4.78 is 0. The molecule has 17 heavy (non-hydrogen) atoms. The van der Waals surface area contributed by atoms with Crippen molar-refractivity contribution in [3.8, 4) is 0 Å². The molecule has 94 valence electrons. The summed E-state index contributed by atoms with van der Waals surface area (Å²) in [5.41, 5.74) is 0. The van der Waals surface area contributed by atoms with Crippen LogP contribution in [0.2, 0.25) is 0 Å². The molecule has 1 N–H and O–H groups in total. The number of carbonyl (C=O) groups is 1. The minimum atomic E-state index is -0.814. The lowest BCUT2D eigenvalue weighted by Crippen LogP contribution is -2.23. The van der Waals surface area contributed by atoms with Crippen molar-refractivity contribution >= 4 is 17.3 Å². The quantitative estimate of drug-likeness (QED) is 0.900. The van der Waals surface area contributed by atoms with Crippen LogP contribution in [0.4, 0.5) is 0 Å². The molecule has 1 aliphatic heterocycles. The van der Waals surface area contributed by atoms with E-state index in [1.807, 2.05) is 6.07 Å². The molecule has 1 aromatic heterocycles. The second-order valence-electron chi connectivity index (χ2n) is 4.88. The van der Waals surface area contributed by atoms with Crippen LogP contribution in [-0.4, -0.2) is 29.1 Å². The van der Waals surface area contributed by atoms with Crippen molar-refractivity contribution in [2.75, 3.05) is 13.1 Å². The van der Waals surface area contributed by atoms with Crippen LogP contribution in [-0.2, 0) is 6.54 Å². The Kier molecular flexibility index (Phi) is 4.18. The molecular weight excluding hydrogens is 234 g/mol. The number of thiophene rings is 1. The fourth-order valence-corrected chi connectivity index (χ4v) is 3.17. The van der Waals surface area contributed by atoms with Gasteiger partial charge in [0.1, 0.15) is 4.88 Å². The van der Waals surface area contributed by atoms with E-state index in [9.17, 15) is 4.79 Å². The van der Waals surface area contributed by atoms with Crippen LogP contribution in [0, 0.1) is 5.92 Å². The van der Waals surface area contributed by atoms with Gasteiger partial charge in [0.05, 0.1) is 0 Å². The Morgan fingerprint density at radius 3 is 3.00 bits per heavy atom. The smallest absolute Gasteiger partial charge is 0.345 e. The molecule has 0 radical (unpaired) electrons. The molecule has 1 aromatic rings. The second-order valence-corrected chi connectivity index (χ2v) is 6.05. The molecule has 1 atom stereocenters. The van der Waals surface area contributed by atoms with Gasteiger partial charge in [-0.1, -0.05) is 6.92 Å². The van der Waals surface area contributed by atoms with E-state index in [0.717, 1.165) is 30.4 Å². The maximum absolute atomic E-state index is 10.8. The lowest BCUT2D eigenvalue weighted by molar-refractivity contribution is 0.0702. The summed E-state index contributed by atoms with van der Waals surface area (Å²) >= 11 is 1.40. The summed E-state index contributed by atoms with van der Waals surface area (Å²) in [4.78, 5) is 14.9. The highest BCUT2D eigenvalue weighted by Gasteiger charge is 2.15. The van der Waals surface area contributed by atoms with E-state index in [4.69, 9.17) is 5.11 Å². The van der Waals surface area contributed by atoms with E-state index in [2.05, 4.69) is 11.8 Å². The average Bonchev–Trinajstić information content (AvgIpc) is 2.65. The van der Waals surface area contributed by atoms with Gasteiger partial charge in [0.2, 0.25) is 0 Å². The Bertz CT molecular complexity index is 389. The largest absolute Gasteiger partial charge is 0.477 e. The normalized spacial score (nSPS) is 22.3. The van der Waals surface area contributed by atoms with Gasteiger partial charge in [0, 0.05) is 11.4 Å². The first-order valence-electron chi connectivity index (χ1n) is 6.19. The first-order chi connectivity index (χ1) is 8.15. The Morgan fingerprint density at radius 1 is 1.47 bits per heavy atom. The van der Waals surface area contributed by atoms with Crippen molar-refractivity contribution < 1.29 is 9.90 Å². The van der Waals surface area contributed by atoms with Gasteiger partial charge in [-0.05, 0) is 50.4 Å². The molecule has 0 bridgehead atoms. The van der Waals surface area contributed by atoms with E-state index in [1.54, 1.807) is 6.07 Å². The van der Waals surface area contributed by atoms with Crippen LogP contribution < -0.4 is 0 Å². The van der Waals surface area contributed by atoms with Gasteiger partial charge < -0.3 is 5.11 Å². The van der Waals surface area contributed by atoms with Crippen molar-refractivity contribution in [1.82, 2.24) is 4.90 Å². The number of carboxylic acid groups (broad SMARTS) is 1. The van der Waals surface area contributed by atoms with Crippen LogP contribution >= 0.6 is 11.3 Å². The Balaban J connectivity index is 1.93. The summed E-state index contributed by atoms with van der Waals surface area (Å²) in [5.74, 6) is 0.0173. The SMILES string of the molecule is CC1CCCN(Cc2ccc(C(=O)O)s2)CC1. The van der Waals surface area contributed by atoms with Crippen molar-refractivity contribution in [2.24, 2.45) is 5.92 Å². The molecule has 1 fully saturated rings. The minimum absolute atomic E-state index is 0.447. The summed E-state index contributed by atoms with van der Waals surface area (Å²) in [6, 6.07) is 3.66. The van der Waals surface area contributed by atoms with Crippen molar-refractivity contribution in [3.05, 3.63) is 21.9 Å². The third-order valence-electron chi connectivity index (χ3n) is 3.36. The minimum Gasteiger partial charge on any atom is -0.477 e. The fourth-order valence-electron chi connectivity index (χ4n) is 2.28. The molecule has 2 rings (SSSR count). The number of aromatic carboxylic acids is 1. The predicted octanol–water partition coefficient (Wildman–Crippen LogP) is 3.07. The van der Waals surface area contributed by atoms with Gasteiger partial charge in [-0.2, -0.15) is 0 Å². The predicted molar refractivity (Wildman–Crippen MR) is 69.6 cm³/mol. The van der Waals surface area contributed by atoms with Crippen LogP contribution in [0.5, 0.6) is 0 Å². The average molecular weight is 253 g/mol. The summed E-state index contributed by atoms with van der Waals surface area (Å²) in [6.07, 6.45) is 3.84. The third kappa shape index (κ3) is 3.54. The summed E-state index contributed by atoms with van der Waals surface area (Å²) in [6.45, 7) is 5.51. The van der Waals surface area contributed by atoms with E-state index in [0.29, 0.717) is 4.88 Å². The molecule has 3 nitrogen and oxygen atoms in total. The monoisotopic (exact) mass is 253 g/mol. The summed E-state index contributed by atoms with van der Waals surface area (Å²) in [5, 5.41) is 8.88. The maximum Gasteiger partial charge on any atom is 0.345 e. The van der Waals surface area contributed by atoms with E-state index in [-0.39, 0.29) is 0 Å². The zero-order chi connectivity index (χ0) is 12.3. The molecule has 0 aromatic carbocycles. The zero-order valence-electron chi connectivity index (χ0n) is 10.2. The number of nitrogens with zero attached hydrogens (tertiary/aromatic N) is 1.